The highest BCUT2D eigenvalue weighted by Crippen LogP contribution is 2.24. The Morgan fingerprint density at radius 3 is 2.28 bits per heavy atom. The third-order valence-electron chi connectivity index (χ3n) is 4.84. The molecular weight excluding hydrogens is 448 g/mol. The van der Waals surface area contributed by atoms with Crippen molar-refractivity contribution in [2.45, 2.75) is 38.2 Å². The summed E-state index contributed by atoms with van der Waals surface area (Å²) in [6.07, 6.45) is -0.191. The van der Waals surface area contributed by atoms with Crippen LogP contribution >= 0.6 is 11.6 Å². The second kappa shape index (κ2) is 10.1. The molecule has 1 amide bonds. The van der Waals surface area contributed by atoms with Crippen LogP contribution in [-0.2, 0) is 14.8 Å². The summed E-state index contributed by atoms with van der Waals surface area (Å²) in [7, 11) is -3.81. The van der Waals surface area contributed by atoms with Crippen molar-refractivity contribution in [3.05, 3.63) is 82.9 Å². The molecule has 0 unspecified atom stereocenters. The quantitative estimate of drug-likeness (QED) is 0.450. The highest BCUT2D eigenvalue weighted by molar-refractivity contribution is 7.92. The monoisotopic (exact) mass is 472 g/mol. The Balaban J connectivity index is 1.68. The van der Waals surface area contributed by atoms with E-state index in [9.17, 15) is 13.2 Å². The summed E-state index contributed by atoms with van der Waals surface area (Å²) in [5.41, 5.74) is 2.73. The number of hydrogen-bond donors (Lipinski definition) is 2. The van der Waals surface area contributed by atoms with Crippen LogP contribution in [0, 0.1) is 13.8 Å². The Kier molecular flexibility index (Phi) is 7.43. The average molecular weight is 473 g/mol. The molecule has 168 valence electrons. The van der Waals surface area contributed by atoms with Gasteiger partial charge in [-0.15, -0.1) is 0 Å². The molecule has 0 aliphatic heterocycles. The van der Waals surface area contributed by atoms with Gasteiger partial charge in [0.1, 0.15) is 5.75 Å². The van der Waals surface area contributed by atoms with Crippen LogP contribution in [0.5, 0.6) is 5.75 Å². The molecule has 0 aliphatic carbocycles. The van der Waals surface area contributed by atoms with Gasteiger partial charge in [0.25, 0.3) is 15.9 Å². The van der Waals surface area contributed by atoms with E-state index in [4.69, 9.17) is 16.3 Å². The summed E-state index contributed by atoms with van der Waals surface area (Å²) in [6, 6.07) is 18.4. The van der Waals surface area contributed by atoms with Crippen LogP contribution in [0.1, 0.15) is 24.5 Å². The van der Waals surface area contributed by atoms with Crippen molar-refractivity contribution in [3.63, 3.8) is 0 Å². The molecule has 3 aromatic rings. The van der Waals surface area contributed by atoms with E-state index in [1.807, 2.05) is 38.1 Å². The number of benzene rings is 3. The molecule has 0 spiro atoms. The van der Waals surface area contributed by atoms with Gasteiger partial charge in [0.15, 0.2) is 6.10 Å². The van der Waals surface area contributed by atoms with Gasteiger partial charge in [0, 0.05) is 10.7 Å². The van der Waals surface area contributed by atoms with Gasteiger partial charge >= 0.3 is 0 Å². The first kappa shape index (κ1) is 23.6. The first-order valence-electron chi connectivity index (χ1n) is 10.1. The van der Waals surface area contributed by atoms with E-state index >= 15 is 0 Å². The highest BCUT2D eigenvalue weighted by Gasteiger charge is 2.20. The zero-order valence-corrected chi connectivity index (χ0v) is 19.6. The Hall–Kier alpha value is -3.03. The molecule has 8 heteroatoms. The Morgan fingerprint density at radius 2 is 1.66 bits per heavy atom. The molecule has 0 saturated heterocycles. The molecule has 0 radical (unpaired) electrons. The van der Waals surface area contributed by atoms with Gasteiger partial charge in [-0.3, -0.25) is 9.52 Å². The number of carbonyl (C=O) groups excluding carboxylic acids is 1. The first-order chi connectivity index (χ1) is 15.2. The Bertz CT molecular complexity index is 1190. The summed E-state index contributed by atoms with van der Waals surface area (Å²) in [5, 5.41) is 3.21. The lowest BCUT2D eigenvalue weighted by atomic mass is 10.2. The fourth-order valence-corrected chi connectivity index (χ4v) is 4.25. The molecule has 6 nitrogen and oxygen atoms in total. The van der Waals surface area contributed by atoms with E-state index in [1.165, 1.54) is 24.3 Å². The third kappa shape index (κ3) is 6.02. The number of aryl methyl sites for hydroxylation is 2. The van der Waals surface area contributed by atoms with E-state index < -0.39 is 16.1 Å². The van der Waals surface area contributed by atoms with Gasteiger partial charge in [-0.25, -0.2) is 8.42 Å². The van der Waals surface area contributed by atoms with Crippen molar-refractivity contribution in [3.8, 4) is 5.75 Å². The smallest absolute Gasteiger partial charge is 0.265 e. The van der Waals surface area contributed by atoms with E-state index in [1.54, 1.807) is 25.1 Å². The number of halogens is 1. The van der Waals surface area contributed by atoms with Crippen LogP contribution in [0.4, 0.5) is 11.4 Å². The summed E-state index contributed by atoms with van der Waals surface area (Å²) in [5.74, 6) is 0.304. The molecule has 2 N–H and O–H groups in total. The number of anilines is 2. The fraction of sp³-hybridized carbons (Fsp3) is 0.208. The molecule has 3 rings (SSSR count). The first-order valence-corrected chi connectivity index (χ1v) is 12.0. The predicted molar refractivity (Wildman–Crippen MR) is 128 cm³/mol. The van der Waals surface area contributed by atoms with Crippen LogP contribution in [0.3, 0.4) is 0 Å². The van der Waals surface area contributed by atoms with Crippen molar-refractivity contribution >= 4 is 38.9 Å². The molecule has 0 aliphatic rings. The molecule has 32 heavy (non-hydrogen) atoms. The van der Waals surface area contributed by atoms with Crippen molar-refractivity contribution in [1.82, 2.24) is 0 Å². The number of rotatable bonds is 8. The van der Waals surface area contributed by atoms with Crippen molar-refractivity contribution in [1.29, 1.82) is 0 Å². The van der Waals surface area contributed by atoms with Crippen LogP contribution in [-0.4, -0.2) is 20.4 Å². The van der Waals surface area contributed by atoms with Gasteiger partial charge in [-0.1, -0.05) is 42.3 Å². The lowest BCUT2D eigenvalue weighted by molar-refractivity contribution is -0.122. The molecule has 0 aromatic heterocycles. The van der Waals surface area contributed by atoms with E-state index in [0.29, 0.717) is 28.6 Å². The van der Waals surface area contributed by atoms with E-state index in [-0.39, 0.29) is 10.8 Å². The Labute approximate surface area is 193 Å². The molecule has 1 atom stereocenters. The lowest BCUT2D eigenvalue weighted by Gasteiger charge is -2.17. The van der Waals surface area contributed by atoms with Gasteiger partial charge in [0.2, 0.25) is 0 Å². The van der Waals surface area contributed by atoms with Gasteiger partial charge < -0.3 is 10.1 Å². The maximum atomic E-state index is 12.7. The number of nitrogens with one attached hydrogen (secondary N) is 2. The number of sulfonamides is 1. The Morgan fingerprint density at radius 1 is 1.00 bits per heavy atom. The zero-order chi connectivity index (χ0) is 23.3. The van der Waals surface area contributed by atoms with Crippen molar-refractivity contribution in [2.75, 3.05) is 10.0 Å². The second-order valence-corrected chi connectivity index (χ2v) is 9.53. The minimum absolute atomic E-state index is 0.0674. The fourth-order valence-electron chi connectivity index (χ4n) is 2.95. The van der Waals surface area contributed by atoms with Crippen LogP contribution < -0.4 is 14.8 Å². The predicted octanol–water partition coefficient (Wildman–Crippen LogP) is 5.55. The number of ether oxygens (including phenoxy) is 1. The maximum Gasteiger partial charge on any atom is 0.265 e. The molecule has 0 fully saturated rings. The van der Waals surface area contributed by atoms with Gasteiger partial charge in [0.05, 0.1) is 10.6 Å². The largest absolute Gasteiger partial charge is 0.481 e. The minimum Gasteiger partial charge on any atom is -0.481 e. The summed E-state index contributed by atoms with van der Waals surface area (Å²) in [6.45, 7) is 5.62. The highest BCUT2D eigenvalue weighted by atomic mass is 35.5. The molecule has 0 heterocycles. The topological polar surface area (TPSA) is 84.5 Å². The maximum absolute atomic E-state index is 12.7. The zero-order valence-electron chi connectivity index (χ0n) is 18.1. The number of carbonyl (C=O) groups is 1. The average Bonchev–Trinajstić information content (AvgIpc) is 2.76. The molecule has 3 aromatic carbocycles. The standard InChI is InChI=1S/C24H25ClN2O4S/c1-4-23(31-20-11-5-16(2)6-12-20)24(28)26-19-9-13-21(14-10-19)32(29,30)27-22-15-18(25)8-7-17(22)3/h5-15,23,27H,4H2,1-3H3,(H,26,28)/t23-/m1/s1. The van der Waals surface area contributed by atoms with Crippen LogP contribution in [0.15, 0.2) is 71.6 Å². The third-order valence-corrected chi connectivity index (χ3v) is 6.46. The summed E-state index contributed by atoms with van der Waals surface area (Å²) < 4.78 is 33.8. The SMILES string of the molecule is CC[C@@H](Oc1ccc(C)cc1)C(=O)Nc1ccc(S(=O)(=O)Nc2cc(Cl)ccc2C)cc1. The second-order valence-electron chi connectivity index (χ2n) is 7.41. The molecule has 0 bridgehead atoms. The van der Waals surface area contributed by atoms with Gasteiger partial charge in [-0.2, -0.15) is 0 Å². The van der Waals surface area contributed by atoms with E-state index in [0.717, 1.165) is 11.1 Å². The van der Waals surface area contributed by atoms with Crippen LogP contribution in [0.25, 0.3) is 0 Å². The minimum atomic E-state index is -3.81. The molecular formula is C24H25ClN2O4S. The van der Waals surface area contributed by atoms with Crippen molar-refractivity contribution < 1.29 is 17.9 Å². The molecule has 0 saturated carbocycles. The number of hydrogen-bond acceptors (Lipinski definition) is 4. The normalized spacial score (nSPS) is 12.1. The lowest BCUT2D eigenvalue weighted by Crippen LogP contribution is -2.32. The summed E-state index contributed by atoms with van der Waals surface area (Å²) in [4.78, 5) is 12.7. The van der Waals surface area contributed by atoms with Crippen LogP contribution in [0.2, 0.25) is 5.02 Å². The number of amides is 1. The van der Waals surface area contributed by atoms with Crippen molar-refractivity contribution in [2.24, 2.45) is 0 Å². The van der Waals surface area contributed by atoms with Gasteiger partial charge in [-0.05, 0) is 74.4 Å². The summed E-state index contributed by atoms with van der Waals surface area (Å²) >= 11 is 5.97. The van der Waals surface area contributed by atoms with E-state index in [2.05, 4.69) is 10.0 Å².